The number of methoxy groups -OCH3 is 1. The number of carbonyl (C=O) groups is 1. The number of rotatable bonds is 6. The number of carboxylic acids is 1. The summed E-state index contributed by atoms with van der Waals surface area (Å²) in [6.45, 7) is 0. The Balaban J connectivity index is 1.71. The Labute approximate surface area is 200 Å². The predicted octanol–water partition coefficient (Wildman–Crippen LogP) is 5.09. The molecule has 2 aromatic heterocycles. The van der Waals surface area contributed by atoms with E-state index in [1.807, 2.05) is 25.2 Å². The highest BCUT2D eigenvalue weighted by molar-refractivity contribution is 6.11. The molecule has 0 atom stereocenters. The van der Waals surface area contributed by atoms with Gasteiger partial charge in [-0.1, -0.05) is 30.3 Å². The molecule has 0 amide bonds. The molecule has 0 saturated carbocycles. The van der Waals surface area contributed by atoms with E-state index in [1.54, 1.807) is 60.5 Å². The van der Waals surface area contributed by atoms with E-state index in [-0.39, 0.29) is 6.42 Å². The number of aromatic nitrogens is 3. The molecule has 35 heavy (non-hydrogen) atoms. The molecule has 1 N–H and O–H groups in total. The zero-order chi connectivity index (χ0) is 24.5. The van der Waals surface area contributed by atoms with E-state index >= 15 is 0 Å². The normalized spacial score (nSPS) is 10.9. The zero-order valence-corrected chi connectivity index (χ0v) is 19.0. The summed E-state index contributed by atoms with van der Waals surface area (Å²) in [5.74, 6) is 0.395. The standard InChI is InChI=1S/C27H20N4O4/c1-31-21-15-29-20-13-23(34-2)24(35-22-6-4-3-5-18(22)11-25(32)33)12-19(20)26(21)27(30-31)17-9-7-16(14-28)8-10-17/h3-10,12-13,15H,11H2,1-2H3,(H,32,33). The number of benzene rings is 3. The molecule has 0 aliphatic rings. The number of pyridine rings is 1. The second kappa shape index (κ2) is 8.80. The highest BCUT2D eigenvalue weighted by Crippen LogP contribution is 2.40. The smallest absolute Gasteiger partial charge is 0.307 e. The molecule has 0 saturated heterocycles. The van der Waals surface area contributed by atoms with Crippen molar-refractivity contribution >= 4 is 27.8 Å². The summed E-state index contributed by atoms with van der Waals surface area (Å²) in [5, 5.41) is 24.8. The van der Waals surface area contributed by atoms with Crippen molar-refractivity contribution in [2.75, 3.05) is 7.11 Å². The number of hydrogen-bond donors (Lipinski definition) is 1. The molecule has 0 spiro atoms. The summed E-state index contributed by atoms with van der Waals surface area (Å²) in [4.78, 5) is 15.9. The summed E-state index contributed by atoms with van der Waals surface area (Å²) in [6.07, 6.45) is 1.60. The maximum atomic E-state index is 11.3. The molecule has 8 nitrogen and oxygen atoms in total. The summed E-state index contributed by atoms with van der Waals surface area (Å²) in [5.41, 5.74) is 4.27. The van der Waals surface area contributed by atoms with Crippen LogP contribution < -0.4 is 9.47 Å². The first-order valence-corrected chi connectivity index (χ1v) is 10.8. The van der Waals surface area contributed by atoms with Crippen molar-refractivity contribution in [2.45, 2.75) is 6.42 Å². The Hall–Kier alpha value is -4.90. The maximum absolute atomic E-state index is 11.3. The van der Waals surface area contributed by atoms with Crippen LogP contribution in [0.15, 0.2) is 66.9 Å². The van der Waals surface area contributed by atoms with Crippen LogP contribution in [0.25, 0.3) is 33.1 Å². The first-order valence-electron chi connectivity index (χ1n) is 10.8. The quantitative estimate of drug-likeness (QED) is 0.373. The van der Waals surface area contributed by atoms with Gasteiger partial charge < -0.3 is 14.6 Å². The van der Waals surface area contributed by atoms with Crippen molar-refractivity contribution in [3.8, 4) is 34.6 Å². The molecule has 172 valence electrons. The number of carboxylic acid groups (broad SMARTS) is 1. The molecule has 0 aliphatic heterocycles. The Bertz CT molecular complexity index is 1630. The fourth-order valence-electron chi connectivity index (χ4n) is 4.11. The van der Waals surface area contributed by atoms with Gasteiger partial charge in [0.25, 0.3) is 0 Å². The summed E-state index contributed by atoms with van der Waals surface area (Å²) >= 11 is 0. The van der Waals surface area contributed by atoms with Crippen LogP contribution in [-0.4, -0.2) is 33.0 Å². The van der Waals surface area contributed by atoms with Crippen molar-refractivity contribution in [1.82, 2.24) is 14.8 Å². The Morgan fingerprint density at radius 1 is 1.09 bits per heavy atom. The van der Waals surface area contributed by atoms with Crippen LogP contribution in [0.5, 0.6) is 17.2 Å². The molecule has 2 heterocycles. The van der Waals surface area contributed by atoms with Crippen LogP contribution in [0.3, 0.4) is 0 Å². The van der Waals surface area contributed by atoms with Crippen LogP contribution in [0.1, 0.15) is 11.1 Å². The van der Waals surface area contributed by atoms with E-state index in [0.717, 1.165) is 27.5 Å². The Morgan fingerprint density at radius 2 is 1.86 bits per heavy atom. The number of para-hydroxylation sites is 1. The van der Waals surface area contributed by atoms with Gasteiger partial charge in [0.15, 0.2) is 11.5 Å². The van der Waals surface area contributed by atoms with Gasteiger partial charge in [-0.2, -0.15) is 10.4 Å². The second-order valence-corrected chi connectivity index (χ2v) is 7.98. The lowest BCUT2D eigenvalue weighted by molar-refractivity contribution is -0.136. The van der Waals surface area contributed by atoms with Crippen molar-refractivity contribution in [3.05, 3.63) is 78.0 Å². The number of nitriles is 1. The minimum absolute atomic E-state index is 0.163. The van der Waals surface area contributed by atoms with Gasteiger partial charge in [0.1, 0.15) is 11.4 Å². The SMILES string of the molecule is COc1cc2ncc3c(c(-c4ccc(C#N)cc4)nn3C)c2cc1Oc1ccccc1CC(=O)O. The average molecular weight is 464 g/mol. The molecule has 0 unspecified atom stereocenters. The number of fused-ring (bicyclic) bond motifs is 3. The van der Waals surface area contributed by atoms with Gasteiger partial charge in [0.05, 0.1) is 42.4 Å². The lowest BCUT2D eigenvalue weighted by Crippen LogP contribution is -2.02. The van der Waals surface area contributed by atoms with Gasteiger partial charge in [-0.05, 0) is 24.3 Å². The molecule has 0 radical (unpaired) electrons. The molecular weight excluding hydrogens is 444 g/mol. The monoisotopic (exact) mass is 464 g/mol. The highest BCUT2D eigenvalue weighted by atomic mass is 16.5. The average Bonchev–Trinajstić information content (AvgIpc) is 3.21. The molecule has 3 aromatic carbocycles. The number of hydrogen-bond acceptors (Lipinski definition) is 6. The van der Waals surface area contributed by atoms with Crippen molar-refractivity contribution in [1.29, 1.82) is 5.26 Å². The number of aryl methyl sites for hydroxylation is 1. The van der Waals surface area contributed by atoms with Gasteiger partial charge in [-0.15, -0.1) is 0 Å². The van der Waals surface area contributed by atoms with Crippen molar-refractivity contribution in [2.24, 2.45) is 7.05 Å². The molecule has 0 aliphatic carbocycles. The third-order valence-corrected chi connectivity index (χ3v) is 5.79. The van der Waals surface area contributed by atoms with Crippen LogP contribution in [0.2, 0.25) is 0 Å². The summed E-state index contributed by atoms with van der Waals surface area (Å²) in [7, 11) is 3.40. The Kier molecular flexibility index (Phi) is 5.51. The van der Waals surface area contributed by atoms with Crippen LogP contribution in [0.4, 0.5) is 0 Å². The minimum Gasteiger partial charge on any atom is -0.493 e. The highest BCUT2D eigenvalue weighted by Gasteiger charge is 2.19. The van der Waals surface area contributed by atoms with E-state index in [1.165, 1.54) is 0 Å². The molecule has 5 rings (SSSR count). The van der Waals surface area contributed by atoms with Gasteiger partial charge >= 0.3 is 5.97 Å². The lowest BCUT2D eigenvalue weighted by Gasteiger charge is -2.14. The van der Waals surface area contributed by atoms with Gasteiger partial charge in [0.2, 0.25) is 0 Å². The van der Waals surface area contributed by atoms with Gasteiger partial charge in [-0.25, -0.2) is 0 Å². The topological polar surface area (TPSA) is 110 Å². The van der Waals surface area contributed by atoms with Crippen LogP contribution >= 0.6 is 0 Å². The number of ether oxygens (including phenoxy) is 2. The fourth-order valence-corrected chi connectivity index (χ4v) is 4.11. The molecule has 8 heteroatoms. The van der Waals surface area contributed by atoms with E-state index < -0.39 is 5.97 Å². The third kappa shape index (κ3) is 4.00. The number of aliphatic carboxylic acids is 1. The second-order valence-electron chi connectivity index (χ2n) is 7.98. The first-order chi connectivity index (χ1) is 17.0. The van der Waals surface area contributed by atoms with Crippen molar-refractivity contribution in [3.63, 3.8) is 0 Å². The van der Waals surface area contributed by atoms with Crippen LogP contribution in [-0.2, 0) is 18.3 Å². The summed E-state index contributed by atoms with van der Waals surface area (Å²) in [6, 6.07) is 20.0. The zero-order valence-electron chi connectivity index (χ0n) is 19.0. The van der Waals surface area contributed by atoms with Crippen molar-refractivity contribution < 1.29 is 19.4 Å². The molecular formula is C27H20N4O4. The van der Waals surface area contributed by atoms with E-state index in [4.69, 9.17) is 19.8 Å². The Morgan fingerprint density at radius 3 is 2.57 bits per heavy atom. The maximum Gasteiger partial charge on any atom is 0.307 e. The molecule has 0 fully saturated rings. The third-order valence-electron chi connectivity index (χ3n) is 5.79. The van der Waals surface area contributed by atoms with Crippen LogP contribution in [0, 0.1) is 11.3 Å². The largest absolute Gasteiger partial charge is 0.493 e. The van der Waals surface area contributed by atoms with E-state index in [2.05, 4.69) is 11.1 Å². The first kappa shape index (κ1) is 21.9. The lowest BCUT2D eigenvalue weighted by atomic mass is 10.0. The molecule has 0 bridgehead atoms. The van der Waals surface area contributed by atoms with E-state index in [0.29, 0.717) is 33.9 Å². The fraction of sp³-hybridized carbons (Fsp3) is 0.111. The predicted molar refractivity (Wildman–Crippen MR) is 131 cm³/mol. The number of nitrogens with zero attached hydrogens (tertiary/aromatic N) is 4. The van der Waals surface area contributed by atoms with Gasteiger partial charge in [-0.3, -0.25) is 14.5 Å². The summed E-state index contributed by atoms with van der Waals surface area (Å²) < 4.78 is 13.5. The molecule has 5 aromatic rings. The minimum atomic E-state index is -0.945. The van der Waals surface area contributed by atoms with E-state index in [9.17, 15) is 9.90 Å². The van der Waals surface area contributed by atoms with Gasteiger partial charge in [0, 0.05) is 35.0 Å².